The summed E-state index contributed by atoms with van der Waals surface area (Å²) in [7, 11) is 1.86. The standard InChI is InChI=1S/C13H13BrFN3/c1-16-12(11-5-6-17-8-18-11)7-9-3-2-4-10(15)13(9)14/h2-6,8,12,16H,7H2,1H3. The van der Waals surface area contributed by atoms with E-state index in [1.165, 1.54) is 12.4 Å². The fraction of sp³-hybridized carbons (Fsp3) is 0.231. The van der Waals surface area contributed by atoms with Gasteiger partial charge in [0.25, 0.3) is 0 Å². The molecule has 94 valence electrons. The van der Waals surface area contributed by atoms with E-state index in [2.05, 4.69) is 31.2 Å². The smallest absolute Gasteiger partial charge is 0.137 e. The fourth-order valence-electron chi connectivity index (χ4n) is 1.79. The van der Waals surface area contributed by atoms with Gasteiger partial charge < -0.3 is 5.32 Å². The molecule has 0 saturated carbocycles. The Morgan fingerprint density at radius 3 is 2.89 bits per heavy atom. The summed E-state index contributed by atoms with van der Waals surface area (Å²) in [4.78, 5) is 8.11. The maximum absolute atomic E-state index is 13.4. The number of likely N-dealkylation sites (N-methyl/N-ethyl adjacent to an activating group) is 1. The van der Waals surface area contributed by atoms with E-state index in [0.717, 1.165) is 11.3 Å². The number of rotatable bonds is 4. The lowest BCUT2D eigenvalue weighted by molar-refractivity contribution is 0.566. The molecule has 0 aliphatic rings. The van der Waals surface area contributed by atoms with Gasteiger partial charge in [-0.15, -0.1) is 0 Å². The van der Waals surface area contributed by atoms with Gasteiger partial charge in [-0.25, -0.2) is 14.4 Å². The third kappa shape index (κ3) is 2.91. The lowest BCUT2D eigenvalue weighted by Gasteiger charge is -2.16. The van der Waals surface area contributed by atoms with E-state index < -0.39 is 0 Å². The van der Waals surface area contributed by atoms with Crippen LogP contribution in [0.4, 0.5) is 4.39 Å². The van der Waals surface area contributed by atoms with Crippen LogP contribution in [0.25, 0.3) is 0 Å². The number of nitrogens with one attached hydrogen (secondary N) is 1. The Morgan fingerprint density at radius 2 is 2.22 bits per heavy atom. The summed E-state index contributed by atoms with van der Waals surface area (Å²) in [5.74, 6) is -0.245. The van der Waals surface area contributed by atoms with Crippen molar-refractivity contribution < 1.29 is 4.39 Å². The average molecular weight is 310 g/mol. The summed E-state index contributed by atoms with van der Waals surface area (Å²) in [6, 6.07) is 6.94. The second kappa shape index (κ2) is 6.02. The molecule has 1 atom stereocenters. The molecule has 5 heteroatoms. The van der Waals surface area contributed by atoms with Gasteiger partial charge in [0.2, 0.25) is 0 Å². The highest BCUT2D eigenvalue weighted by Gasteiger charge is 2.14. The average Bonchev–Trinajstić information content (AvgIpc) is 2.41. The molecule has 3 nitrogen and oxygen atoms in total. The lowest BCUT2D eigenvalue weighted by atomic mass is 10.0. The number of aromatic nitrogens is 2. The molecule has 0 amide bonds. The van der Waals surface area contributed by atoms with Crippen molar-refractivity contribution in [3.8, 4) is 0 Å². The molecular formula is C13H13BrFN3. The van der Waals surface area contributed by atoms with Crippen molar-refractivity contribution >= 4 is 15.9 Å². The van der Waals surface area contributed by atoms with E-state index in [0.29, 0.717) is 10.9 Å². The van der Waals surface area contributed by atoms with Crippen molar-refractivity contribution in [1.82, 2.24) is 15.3 Å². The first-order valence-electron chi connectivity index (χ1n) is 5.58. The number of nitrogens with zero attached hydrogens (tertiary/aromatic N) is 2. The van der Waals surface area contributed by atoms with Gasteiger partial charge in [-0.1, -0.05) is 12.1 Å². The predicted octanol–water partition coefficient (Wildman–Crippen LogP) is 2.88. The van der Waals surface area contributed by atoms with Crippen LogP contribution < -0.4 is 5.32 Å². The van der Waals surface area contributed by atoms with Crippen molar-refractivity contribution in [2.75, 3.05) is 7.05 Å². The molecule has 18 heavy (non-hydrogen) atoms. The maximum atomic E-state index is 13.4. The van der Waals surface area contributed by atoms with E-state index >= 15 is 0 Å². The molecule has 1 N–H and O–H groups in total. The zero-order valence-corrected chi connectivity index (χ0v) is 11.5. The number of benzene rings is 1. The minimum Gasteiger partial charge on any atom is -0.311 e. The Labute approximate surface area is 114 Å². The second-order valence-corrected chi connectivity index (χ2v) is 4.69. The zero-order valence-electron chi connectivity index (χ0n) is 9.90. The zero-order chi connectivity index (χ0) is 13.0. The number of hydrogen-bond donors (Lipinski definition) is 1. The molecule has 1 unspecified atom stereocenters. The van der Waals surface area contributed by atoms with Gasteiger partial charge in [-0.05, 0) is 47.1 Å². The first-order chi connectivity index (χ1) is 8.72. The molecule has 2 rings (SSSR count). The maximum Gasteiger partial charge on any atom is 0.137 e. The Hall–Kier alpha value is -1.33. The number of hydrogen-bond acceptors (Lipinski definition) is 3. The molecule has 0 aliphatic carbocycles. The summed E-state index contributed by atoms with van der Waals surface area (Å²) in [5, 5.41) is 3.18. The first kappa shape index (κ1) is 13.1. The summed E-state index contributed by atoms with van der Waals surface area (Å²) in [6.07, 6.45) is 3.87. The summed E-state index contributed by atoms with van der Waals surface area (Å²) >= 11 is 3.27. The fourth-order valence-corrected chi connectivity index (χ4v) is 2.21. The van der Waals surface area contributed by atoms with E-state index in [1.54, 1.807) is 12.3 Å². The van der Waals surface area contributed by atoms with Crippen molar-refractivity contribution in [3.63, 3.8) is 0 Å². The Morgan fingerprint density at radius 1 is 1.39 bits per heavy atom. The molecular weight excluding hydrogens is 297 g/mol. The van der Waals surface area contributed by atoms with Crippen LogP contribution in [0.3, 0.4) is 0 Å². The van der Waals surface area contributed by atoms with E-state index in [1.807, 2.05) is 19.2 Å². The highest BCUT2D eigenvalue weighted by molar-refractivity contribution is 9.10. The molecule has 0 spiro atoms. The topological polar surface area (TPSA) is 37.8 Å². The molecule has 2 aromatic rings. The quantitative estimate of drug-likeness (QED) is 0.943. The van der Waals surface area contributed by atoms with Crippen LogP contribution in [0, 0.1) is 5.82 Å². The van der Waals surface area contributed by atoms with Gasteiger partial charge in [-0.3, -0.25) is 0 Å². The molecule has 0 saturated heterocycles. The molecule has 0 bridgehead atoms. The van der Waals surface area contributed by atoms with Crippen LogP contribution in [0.5, 0.6) is 0 Å². The normalized spacial score (nSPS) is 12.4. The van der Waals surface area contributed by atoms with Crippen LogP contribution in [0.15, 0.2) is 41.3 Å². The van der Waals surface area contributed by atoms with Gasteiger partial charge in [0.1, 0.15) is 12.1 Å². The lowest BCUT2D eigenvalue weighted by Crippen LogP contribution is -2.20. The monoisotopic (exact) mass is 309 g/mol. The van der Waals surface area contributed by atoms with Crippen LogP contribution in [-0.4, -0.2) is 17.0 Å². The Balaban J connectivity index is 2.24. The summed E-state index contributed by atoms with van der Waals surface area (Å²) in [6.45, 7) is 0. The van der Waals surface area contributed by atoms with Gasteiger partial charge >= 0.3 is 0 Å². The van der Waals surface area contributed by atoms with Crippen LogP contribution in [0.1, 0.15) is 17.3 Å². The highest BCUT2D eigenvalue weighted by atomic mass is 79.9. The van der Waals surface area contributed by atoms with E-state index in [-0.39, 0.29) is 11.9 Å². The van der Waals surface area contributed by atoms with E-state index in [9.17, 15) is 4.39 Å². The molecule has 1 aromatic carbocycles. The molecule has 0 aliphatic heterocycles. The minimum atomic E-state index is -0.245. The minimum absolute atomic E-state index is 0.0334. The van der Waals surface area contributed by atoms with Gasteiger partial charge in [0.05, 0.1) is 16.2 Å². The number of halogens is 2. The third-order valence-electron chi connectivity index (χ3n) is 2.77. The second-order valence-electron chi connectivity index (χ2n) is 3.89. The van der Waals surface area contributed by atoms with Crippen LogP contribution >= 0.6 is 15.9 Å². The summed E-state index contributed by atoms with van der Waals surface area (Å²) in [5.41, 5.74) is 1.80. The Bertz CT molecular complexity index is 519. The van der Waals surface area contributed by atoms with Crippen LogP contribution in [0.2, 0.25) is 0 Å². The first-order valence-corrected chi connectivity index (χ1v) is 6.37. The summed E-state index contributed by atoms with van der Waals surface area (Å²) < 4.78 is 14.0. The molecule has 1 aromatic heterocycles. The van der Waals surface area contributed by atoms with Gasteiger partial charge in [0.15, 0.2) is 0 Å². The molecule has 0 fully saturated rings. The van der Waals surface area contributed by atoms with E-state index in [4.69, 9.17) is 0 Å². The third-order valence-corrected chi connectivity index (χ3v) is 3.65. The van der Waals surface area contributed by atoms with Crippen LogP contribution in [-0.2, 0) is 6.42 Å². The van der Waals surface area contributed by atoms with Gasteiger partial charge in [-0.2, -0.15) is 0 Å². The van der Waals surface area contributed by atoms with Gasteiger partial charge in [0, 0.05) is 6.20 Å². The predicted molar refractivity (Wildman–Crippen MR) is 71.6 cm³/mol. The van der Waals surface area contributed by atoms with Crippen molar-refractivity contribution in [1.29, 1.82) is 0 Å². The molecule has 0 radical (unpaired) electrons. The highest BCUT2D eigenvalue weighted by Crippen LogP contribution is 2.25. The van der Waals surface area contributed by atoms with Crippen molar-refractivity contribution in [2.24, 2.45) is 0 Å². The largest absolute Gasteiger partial charge is 0.311 e. The van der Waals surface area contributed by atoms with Crippen molar-refractivity contribution in [2.45, 2.75) is 12.5 Å². The van der Waals surface area contributed by atoms with Crippen molar-refractivity contribution in [3.05, 3.63) is 58.3 Å². The molecule has 1 heterocycles. The SMILES string of the molecule is CNC(Cc1cccc(F)c1Br)c1ccncn1. The Kier molecular flexibility index (Phi) is 4.38.